The van der Waals surface area contributed by atoms with E-state index in [4.69, 9.17) is 0 Å². The van der Waals surface area contributed by atoms with Gasteiger partial charge in [0.25, 0.3) is 0 Å². The Labute approximate surface area is 180 Å². The molecule has 1 aliphatic heterocycles. The monoisotopic (exact) mass is 514 g/mol. The molecule has 4 nitrogen and oxygen atoms in total. The summed E-state index contributed by atoms with van der Waals surface area (Å²) < 4.78 is 52.7. The predicted octanol–water partition coefficient (Wildman–Crippen LogP) is 3.83. The Hall–Kier alpha value is -1.10. The maximum absolute atomic E-state index is 13.9. The summed E-state index contributed by atoms with van der Waals surface area (Å²) >= 11 is 0. The first-order valence-corrected chi connectivity index (χ1v) is 9.42. The summed E-state index contributed by atoms with van der Waals surface area (Å²) in [5.41, 5.74) is 0.703. The highest BCUT2D eigenvalue weighted by Crippen LogP contribution is 2.42. The molecule has 158 valence electrons. The van der Waals surface area contributed by atoms with Crippen LogP contribution in [0.25, 0.3) is 0 Å². The first kappa shape index (κ1) is 23.2. The summed E-state index contributed by atoms with van der Waals surface area (Å²) in [5, 5.41) is 3.38. The van der Waals surface area contributed by atoms with E-state index in [1.807, 2.05) is 17.9 Å². The van der Waals surface area contributed by atoms with E-state index in [2.05, 4.69) is 10.3 Å². The van der Waals surface area contributed by atoms with E-state index in [1.165, 1.54) is 17.9 Å². The summed E-state index contributed by atoms with van der Waals surface area (Å²) in [6.45, 7) is 5.37. The number of aliphatic imine (C=N–C) groups is 1. The minimum atomic E-state index is -4.21. The average Bonchev–Trinajstić information content (AvgIpc) is 3.39. The zero-order chi connectivity index (χ0) is 19.6. The Bertz CT molecular complexity index is 674. The van der Waals surface area contributed by atoms with Crippen molar-refractivity contribution in [2.75, 3.05) is 32.7 Å². The van der Waals surface area contributed by atoms with Crippen LogP contribution in [0, 0.1) is 5.82 Å². The van der Waals surface area contributed by atoms with Gasteiger partial charge in [0.1, 0.15) is 11.9 Å². The topological polar surface area (TPSA) is 30.9 Å². The van der Waals surface area contributed by atoms with Gasteiger partial charge in [0, 0.05) is 44.7 Å². The number of alkyl halides is 3. The lowest BCUT2D eigenvalue weighted by atomic mass is 10.1. The molecule has 1 heterocycles. The number of nitrogens with zero attached hydrogens (tertiary/aromatic N) is 3. The maximum Gasteiger partial charge on any atom is 0.403 e. The molecule has 0 bridgehead atoms. The molecule has 2 aliphatic rings. The van der Waals surface area contributed by atoms with Crippen LogP contribution in [0.2, 0.25) is 0 Å². The van der Waals surface area contributed by atoms with Gasteiger partial charge in [-0.3, -0.25) is 9.89 Å². The highest BCUT2D eigenvalue weighted by atomic mass is 127. The van der Waals surface area contributed by atoms with Crippen LogP contribution in [0.1, 0.15) is 31.7 Å². The average molecular weight is 514 g/mol. The standard InChI is InChI=1S/C19H26F4N4.HI/c1-3-24-18(25-17-12-15(17)14-6-4-5-7-16(14)20)27-10-8-26(9-11-27)13(2)19(21,22)23;/h4-7,13,15,17H,3,8-12H2,1-2H3,(H,24,25);1H. The summed E-state index contributed by atoms with van der Waals surface area (Å²) in [5.74, 6) is 0.621. The number of nitrogens with one attached hydrogen (secondary N) is 1. The van der Waals surface area contributed by atoms with Gasteiger partial charge in [0.2, 0.25) is 0 Å². The quantitative estimate of drug-likeness (QED) is 0.287. The molecule has 0 amide bonds. The molecule has 3 rings (SSSR count). The van der Waals surface area contributed by atoms with Crippen LogP contribution in [-0.2, 0) is 0 Å². The van der Waals surface area contributed by atoms with Gasteiger partial charge >= 0.3 is 6.18 Å². The van der Waals surface area contributed by atoms with Crippen molar-refractivity contribution in [3.05, 3.63) is 35.6 Å². The summed E-state index contributed by atoms with van der Waals surface area (Å²) in [6, 6.07) is 5.44. The van der Waals surface area contributed by atoms with Crippen LogP contribution < -0.4 is 5.32 Å². The predicted molar refractivity (Wildman–Crippen MR) is 113 cm³/mol. The molecule has 1 aromatic carbocycles. The maximum atomic E-state index is 13.9. The molecular formula is C19H27F4IN4. The van der Waals surface area contributed by atoms with Gasteiger partial charge in [0.15, 0.2) is 5.96 Å². The van der Waals surface area contributed by atoms with E-state index in [-0.39, 0.29) is 41.8 Å². The molecule has 0 radical (unpaired) electrons. The Balaban J connectivity index is 0.00000280. The van der Waals surface area contributed by atoms with Crippen molar-refractivity contribution in [2.45, 2.75) is 44.4 Å². The van der Waals surface area contributed by atoms with Gasteiger partial charge < -0.3 is 10.2 Å². The van der Waals surface area contributed by atoms with E-state index in [1.54, 1.807) is 12.1 Å². The summed E-state index contributed by atoms with van der Waals surface area (Å²) in [6.07, 6.45) is -3.38. The second-order valence-corrected chi connectivity index (χ2v) is 7.15. The van der Waals surface area contributed by atoms with Crippen molar-refractivity contribution in [2.24, 2.45) is 4.99 Å². The molecule has 1 N–H and O–H groups in total. The van der Waals surface area contributed by atoms with Crippen LogP contribution in [0.3, 0.4) is 0 Å². The first-order chi connectivity index (χ1) is 12.8. The van der Waals surface area contributed by atoms with Crippen molar-refractivity contribution in [1.29, 1.82) is 0 Å². The van der Waals surface area contributed by atoms with Crippen molar-refractivity contribution >= 4 is 29.9 Å². The Morgan fingerprint density at radius 3 is 2.43 bits per heavy atom. The molecule has 2 fully saturated rings. The molecule has 9 heteroatoms. The van der Waals surface area contributed by atoms with Crippen molar-refractivity contribution < 1.29 is 17.6 Å². The first-order valence-electron chi connectivity index (χ1n) is 9.42. The normalized spacial score (nSPS) is 24.5. The Morgan fingerprint density at radius 2 is 1.86 bits per heavy atom. The molecule has 3 unspecified atom stereocenters. The van der Waals surface area contributed by atoms with Crippen LogP contribution in [0.15, 0.2) is 29.3 Å². The third-order valence-electron chi connectivity index (χ3n) is 5.35. The second kappa shape index (κ2) is 9.60. The van der Waals surface area contributed by atoms with Crippen molar-refractivity contribution in [1.82, 2.24) is 15.1 Å². The highest BCUT2D eigenvalue weighted by molar-refractivity contribution is 14.0. The lowest BCUT2D eigenvalue weighted by Gasteiger charge is -2.39. The fourth-order valence-electron chi connectivity index (χ4n) is 3.55. The summed E-state index contributed by atoms with van der Waals surface area (Å²) in [4.78, 5) is 7.95. The lowest BCUT2D eigenvalue weighted by Crippen LogP contribution is -2.57. The van der Waals surface area contributed by atoms with Crippen LogP contribution in [0.4, 0.5) is 17.6 Å². The molecule has 0 spiro atoms. The summed E-state index contributed by atoms with van der Waals surface area (Å²) in [7, 11) is 0. The van der Waals surface area contributed by atoms with Gasteiger partial charge in [-0.05, 0) is 31.9 Å². The number of rotatable bonds is 4. The van der Waals surface area contributed by atoms with Gasteiger partial charge in [-0.2, -0.15) is 13.2 Å². The van der Waals surface area contributed by atoms with E-state index in [0.717, 1.165) is 6.42 Å². The minimum absolute atomic E-state index is 0. The molecule has 1 aliphatic carbocycles. The van der Waals surface area contributed by atoms with E-state index in [0.29, 0.717) is 44.2 Å². The lowest BCUT2D eigenvalue weighted by molar-refractivity contribution is -0.181. The fraction of sp³-hybridized carbons (Fsp3) is 0.632. The second-order valence-electron chi connectivity index (χ2n) is 7.15. The minimum Gasteiger partial charge on any atom is -0.353 e. The van der Waals surface area contributed by atoms with Crippen molar-refractivity contribution in [3.63, 3.8) is 0 Å². The zero-order valence-electron chi connectivity index (χ0n) is 16.0. The number of halogens is 5. The Morgan fingerprint density at radius 1 is 1.21 bits per heavy atom. The molecule has 1 aromatic rings. The highest BCUT2D eigenvalue weighted by Gasteiger charge is 2.43. The van der Waals surface area contributed by atoms with Crippen molar-refractivity contribution in [3.8, 4) is 0 Å². The molecule has 1 saturated heterocycles. The fourth-order valence-corrected chi connectivity index (χ4v) is 3.55. The largest absolute Gasteiger partial charge is 0.403 e. The zero-order valence-corrected chi connectivity index (χ0v) is 18.4. The molecule has 1 saturated carbocycles. The molecular weight excluding hydrogens is 487 g/mol. The number of piperazine rings is 1. The number of guanidine groups is 1. The van der Waals surface area contributed by atoms with Crippen LogP contribution in [-0.4, -0.2) is 66.7 Å². The van der Waals surface area contributed by atoms with Gasteiger partial charge in [-0.25, -0.2) is 4.39 Å². The van der Waals surface area contributed by atoms with Crippen LogP contribution in [0.5, 0.6) is 0 Å². The van der Waals surface area contributed by atoms with E-state index in [9.17, 15) is 17.6 Å². The molecule has 28 heavy (non-hydrogen) atoms. The SMILES string of the molecule is CCN=C(NC1CC1c1ccccc1F)N1CCN(C(C)C(F)(F)F)CC1.I. The number of hydrogen-bond acceptors (Lipinski definition) is 2. The third-order valence-corrected chi connectivity index (χ3v) is 5.35. The number of benzene rings is 1. The molecule has 0 aromatic heterocycles. The van der Waals surface area contributed by atoms with Crippen LogP contribution >= 0.6 is 24.0 Å². The number of hydrogen-bond donors (Lipinski definition) is 1. The van der Waals surface area contributed by atoms with E-state index >= 15 is 0 Å². The van der Waals surface area contributed by atoms with Gasteiger partial charge in [-0.15, -0.1) is 24.0 Å². The van der Waals surface area contributed by atoms with Gasteiger partial charge in [0.05, 0.1) is 0 Å². The molecule has 3 atom stereocenters. The smallest absolute Gasteiger partial charge is 0.353 e. The van der Waals surface area contributed by atoms with Gasteiger partial charge in [-0.1, -0.05) is 18.2 Å². The van der Waals surface area contributed by atoms with E-state index < -0.39 is 12.2 Å². The Kier molecular flexibility index (Phi) is 7.95. The third kappa shape index (κ3) is 5.49.